The maximum absolute atomic E-state index is 5.27. The second-order valence-electron chi connectivity index (χ2n) is 3.41. The number of hydrogen-bond donors (Lipinski definition) is 3. The van der Waals surface area contributed by atoms with Crippen molar-refractivity contribution >= 4 is 11.5 Å². The standard InChI is InChI=1S/C10H14N6/c1-16-5-3-9(15-16)7-13-8-2-4-12-10(6-8)14-11/h2-6H,7,11H2,1H3,(H2,12,13,14). The third-order valence-electron chi connectivity index (χ3n) is 2.15. The molecule has 0 radical (unpaired) electrons. The molecule has 0 spiro atoms. The molecule has 16 heavy (non-hydrogen) atoms. The van der Waals surface area contributed by atoms with Crippen molar-refractivity contribution in [2.24, 2.45) is 12.9 Å². The summed E-state index contributed by atoms with van der Waals surface area (Å²) in [4.78, 5) is 4.02. The topological polar surface area (TPSA) is 80.8 Å². The molecule has 0 saturated heterocycles. The Kier molecular flexibility index (Phi) is 3.02. The highest BCUT2D eigenvalue weighted by Crippen LogP contribution is 2.11. The van der Waals surface area contributed by atoms with Crippen LogP contribution in [0.15, 0.2) is 30.6 Å². The van der Waals surface area contributed by atoms with Crippen LogP contribution in [-0.2, 0) is 13.6 Å². The van der Waals surface area contributed by atoms with Gasteiger partial charge in [0.1, 0.15) is 5.82 Å². The van der Waals surface area contributed by atoms with Crippen LogP contribution in [0, 0.1) is 0 Å². The van der Waals surface area contributed by atoms with Crippen LogP contribution in [0.2, 0.25) is 0 Å². The summed E-state index contributed by atoms with van der Waals surface area (Å²) < 4.78 is 1.77. The van der Waals surface area contributed by atoms with Gasteiger partial charge in [0.25, 0.3) is 0 Å². The van der Waals surface area contributed by atoms with Crippen molar-refractivity contribution < 1.29 is 0 Å². The third-order valence-corrected chi connectivity index (χ3v) is 2.15. The number of nitrogens with one attached hydrogen (secondary N) is 2. The zero-order chi connectivity index (χ0) is 11.4. The van der Waals surface area contributed by atoms with Gasteiger partial charge in [-0.2, -0.15) is 5.10 Å². The number of nitrogen functional groups attached to an aromatic ring is 1. The van der Waals surface area contributed by atoms with Crippen molar-refractivity contribution in [3.8, 4) is 0 Å². The largest absolute Gasteiger partial charge is 0.379 e. The molecule has 2 rings (SSSR count). The molecule has 4 N–H and O–H groups in total. The fraction of sp³-hybridized carbons (Fsp3) is 0.200. The zero-order valence-corrected chi connectivity index (χ0v) is 9.01. The van der Waals surface area contributed by atoms with E-state index in [-0.39, 0.29) is 0 Å². The number of aromatic nitrogens is 3. The Morgan fingerprint density at radius 2 is 2.31 bits per heavy atom. The summed E-state index contributed by atoms with van der Waals surface area (Å²) in [5.74, 6) is 5.90. The molecule has 0 aromatic carbocycles. The van der Waals surface area contributed by atoms with Crippen molar-refractivity contribution in [1.29, 1.82) is 0 Å². The number of nitrogens with zero attached hydrogens (tertiary/aromatic N) is 3. The predicted octanol–water partition coefficient (Wildman–Crippen LogP) is 0.713. The Balaban J connectivity index is 1.99. The number of nitrogens with two attached hydrogens (primary N) is 1. The Bertz CT molecular complexity index is 464. The van der Waals surface area contributed by atoms with Gasteiger partial charge < -0.3 is 10.7 Å². The van der Waals surface area contributed by atoms with Crippen molar-refractivity contribution in [1.82, 2.24) is 14.8 Å². The van der Waals surface area contributed by atoms with Gasteiger partial charge in [-0.05, 0) is 12.1 Å². The minimum atomic E-state index is 0.631. The summed E-state index contributed by atoms with van der Waals surface area (Å²) in [6.45, 7) is 0.675. The molecule has 6 heteroatoms. The predicted molar refractivity (Wildman–Crippen MR) is 62.6 cm³/mol. The zero-order valence-electron chi connectivity index (χ0n) is 9.01. The second-order valence-corrected chi connectivity index (χ2v) is 3.41. The summed E-state index contributed by atoms with van der Waals surface area (Å²) in [7, 11) is 1.90. The minimum absolute atomic E-state index is 0.631. The van der Waals surface area contributed by atoms with Gasteiger partial charge in [0.05, 0.1) is 12.2 Å². The molecule has 0 unspecified atom stereocenters. The lowest BCUT2D eigenvalue weighted by Gasteiger charge is -2.05. The molecular weight excluding hydrogens is 204 g/mol. The molecule has 0 amide bonds. The van der Waals surface area contributed by atoms with E-state index in [2.05, 4.69) is 20.8 Å². The van der Waals surface area contributed by atoms with Gasteiger partial charge in [-0.25, -0.2) is 10.8 Å². The van der Waals surface area contributed by atoms with Crippen LogP contribution in [0.3, 0.4) is 0 Å². The Morgan fingerprint density at radius 3 is 3.00 bits per heavy atom. The minimum Gasteiger partial charge on any atom is -0.379 e. The average molecular weight is 218 g/mol. The van der Waals surface area contributed by atoms with Crippen LogP contribution >= 0.6 is 0 Å². The number of rotatable bonds is 4. The summed E-state index contributed by atoms with van der Waals surface area (Å²) >= 11 is 0. The van der Waals surface area contributed by atoms with E-state index in [9.17, 15) is 0 Å². The van der Waals surface area contributed by atoms with Crippen LogP contribution in [-0.4, -0.2) is 14.8 Å². The highest BCUT2D eigenvalue weighted by atomic mass is 15.3. The lowest BCUT2D eigenvalue weighted by Crippen LogP contribution is -2.09. The van der Waals surface area contributed by atoms with Crippen molar-refractivity contribution in [2.75, 3.05) is 10.7 Å². The molecule has 0 fully saturated rings. The SMILES string of the molecule is Cn1ccc(CNc2ccnc(NN)c2)n1. The van der Waals surface area contributed by atoms with E-state index in [4.69, 9.17) is 5.84 Å². The van der Waals surface area contributed by atoms with E-state index in [0.29, 0.717) is 12.4 Å². The highest BCUT2D eigenvalue weighted by Gasteiger charge is 1.98. The molecule has 2 heterocycles. The number of hydrogen-bond acceptors (Lipinski definition) is 5. The summed E-state index contributed by atoms with van der Waals surface area (Å²) in [6.07, 6.45) is 3.60. The summed E-state index contributed by atoms with van der Waals surface area (Å²) in [6, 6.07) is 5.68. The van der Waals surface area contributed by atoms with Crippen LogP contribution in [0.4, 0.5) is 11.5 Å². The maximum atomic E-state index is 5.27. The van der Waals surface area contributed by atoms with Crippen LogP contribution in [0.1, 0.15) is 5.69 Å². The number of anilines is 2. The molecule has 0 atom stereocenters. The van der Waals surface area contributed by atoms with E-state index in [1.165, 1.54) is 0 Å². The normalized spacial score (nSPS) is 10.1. The van der Waals surface area contributed by atoms with Crippen LogP contribution in [0.25, 0.3) is 0 Å². The summed E-state index contributed by atoms with van der Waals surface area (Å²) in [5.41, 5.74) is 4.44. The van der Waals surface area contributed by atoms with E-state index in [0.717, 1.165) is 11.4 Å². The van der Waals surface area contributed by atoms with E-state index in [1.807, 2.05) is 31.4 Å². The lowest BCUT2D eigenvalue weighted by atomic mass is 10.3. The van der Waals surface area contributed by atoms with E-state index >= 15 is 0 Å². The number of hydrazine groups is 1. The van der Waals surface area contributed by atoms with E-state index < -0.39 is 0 Å². The molecule has 2 aromatic rings. The first-order chi connectivity index (χ1) is 7.78. The van der Waals surface area contributed by atoms with Gasteiger partial charge in [0.2, 0.25) is 0 Å². The quantitative estimate of drug-likeness (QED) is 0.520. The molecule has 0 bridgehead atoms. The van der Waals surface area contributed by atoms with Gasteiger partial charge >= 0.3 is 0 Å². The van der Waals surface area contributed by atoms with Gasteiger partial charge in [-0.1, -0.05) is 0 Å². The first-order valence-corrected chi connectivity index (χ1v) is 4.93. The molecule has 0 aliphatic carbocycles. The van der Waals surface area contributed by atoms with Crippen LogP contribution < -0.4 is 16.6 Å². The molecule has 0 aliphatic heterocycles. The third kappa shape index (κ3) is 2.48. The smallest absolute Gasteiger partial charge is 0.141 e. The van der Waals surface area contributed by atoms with Gasteiger partial charge in [0.15, 0.2) is 0 Å². The molecule has 6 nitrogen and oxygen atoms in total. The molecule has 0 saturated carbocycles. The van der Waals surface area contributed by atoms with Gasteiger partial charge in [-0.15, -0.1) is 0 Å². The molecular formula is C10H14N6. The summed E-state index contributed by atoms with van der Waals surface area (Å²) in [5, 5.41) is 7.50. The van der Waals surface area contributed by atoms with Crippen molar-refractivity contribution in [3.63, 3.8) is 0 Å². The first-order valence-electron chi connectivity index (χ1n) is 4.93. The second kappa shape index (κ2) is 4.63. The monoisotopic (exact) mass is 218 g/mol. The maximum Gasteiger partial charge on any atom is 0.141 e. The van der Waals surface area contributed by atoms with Gasteiger partial charge in [-0.3, -0.25) is 4.68 Å². The lowest BCUT2D eigenvalue weighted by molar-refractivity contribution is 0.747. The molecule has 2 aromatic heterocycles. The fourth-order valence-electron chi connectivity index (χ4n) is 1.37. The van der Waals surface area contributed by atoms with Gasteiger partial charge in [0, 0.05) is 31.2 Å². The molecule has 0 aliphatic rings. The average Bonchev–Trinajstić information content (AvgIpc) is 2.73. The number of aryl methyl sites for hydroxylation is 1. The molecule has 84 valence electrons. The Labute approximate surface area is 93.5 Å². The van der Waals surface area contributed by atoms with Crippen LogP contribution in [0.5, 0.6) is 0 Å². The number of pyridine rings is 1. The Morgan fingerprint density at radius 1 is 1.44 bits per heavy atom. The van der Waals surface area contributed by atoms with Crippen molar-refractivity contribution in [3.05, 3.63) is 36.3 Å². The Hall–Kier alpha value is -2.08. The fourth-order valence-corrected chi connectivity index (χ4v) is 1.37. The first kappa shape index (κ1) is 10.4. The van der Waals surface area contributed by atoms with Crippen molar-refractivity contribution in [2.45, 2.75) is 6.54 Å². The van der Waals surface area contributed by atoms with E-state index in [1.54, 1.807) is 10.9 Å². The highest BCUT2D eigenvalue weighted by molar-refractivity contribution is 5.51.